The SMILES string of the molecule is Cc1ccc(C2=N[C@@H](C)c3nnc(C)n3-c3sc(C)c(C)c32)cc1. The zero-order valence-electron chi connectivity index (χ0n) is 14.6. The first-order valence-corrected chi connectivity index (χ1v) is 8.96. The number of thiophene rings is 1. The first-order valence-electron chi connectivity index (χ1n) is 8.15. The molecule has 0 saturated carbocycles. The third-order valence-corrected chi connectivity index (χ3v) is 5.87. The summed E-state index contributed by atoms with van der Waals surface area (Å²) < 4.78 is 2.18. The first-order chi connectivity index (χ1) is 11.5. The number of aliphatic imine (C=N–C) groups is 1. The molecule has 3 heterocycles. The first kappa shape index (κ1) is 15.3. The Hall–Kier alpha value is -2.27. The summed E-state index contributed by atoms with van der Waals surface area (Å²) in [4.78, 5) is 6.36. The molecule has 4 nitrogen and oxygen atoms in total. The van der Waals surface area contributed by atoms with E-state index < -0.39 is 0 Å². The van der Waals surface area contributed by atoms with Gasteiger partial charge >= 0.3 is 0 Å². The summed E-state index contributed by atoms with van der Waals surface area (Å²) >= 11 is 1.80. The van der Waals surface area contributed by atoms with Crippen LogP contribution < -0.4 is 0 Å². The smallest absolute Gasteiger partial charge is 0.162 e. The van der Waals surface area contributed by atoms with Gasteiger partial charge in [0.2, 0.25) is 0 Å². The highest BCUT2D eigenvalue weighted by molar-refractivity contribution is 7.15. The lowest BCUT2D eigenvalue weighted by Crippen LogP contribution is -2.07. The molecule has 24 heavy (non-hydrogen) atoms. The summed E-state index contributed by atoms with van der Waals surface area (Å²) in [5.74, 6) is 1.83. The van der Waals surface area contributed by atoms with Crippen LogP contribution in [0.15, 0.2) is 29.3 Å². The standard InChI is InChI=1S/C19H20N4S/c1-10-6-8-15(9-7-10)17-16-11(2)13(4)24-19(16)23-14(5)21-22-18(23)12(3)20-17/h6-9,12H,1-5H3/t12-/m0/s1. The van der Waals surface area contributed by atoms with Gasteiger partial charge in [0.05, 0.1) is 5.71 Å². The molecule has 0 spiro atoms. The molecule has 4 rings (SSSR count). The van der Waals surface area contributed by atoms with Gasteiger partial charge in [-0.3, -0.25) is 9.56 Å². The van der Waals surface area contributed by atoms with Crippen LogP contribution in [0.1, 0.15) is 51.7 Å². The molecule has 2 aromatic heterocycles. The highest BCUT2D eigenvalue weighted by Gasteiger charge is 2.29. The fourth-order valence-corrected chi connectivity index (χ4v) is 4.41. The fraction of sp³-hybridized carbons (Fsp3) is 0.316. The van der Waals surface area contributed by atoms with Crippen molar-refractivity contribution in [1.29, 1.82) is 0 Å². The summed E-state index contributed by atoms with van der Waals surface area (Å²) in [6, 6.07) is 8.59. The topological polar surface area (TPSA) is 43.1 Å². The molecular formula is C19H20N4S. The summed E-state index contributed by atoms with van der Waals surface area (Å²) in [6.07, 6.45) is 0. The molecule has 1 atom stereocenters. The number of benzene rings is 1. The molecule has 0 N–H and O–H groups in total. The van der Waals surface area contributed by atoms with Gasteiger partial charge in [0.15, 0.2) is 5.82 Å². The molecule has 0 saturated heterocycles. The third kappa shape index (κ3) is 2.15. The van der Waals surface area contributed by atoms with Crippen molar-refractivity contribution in [1.82, 2.24) is 14.8 Å². The van der Waals surface area contributed by atoms with Gasteiger partial charge in [-0.15, -0.1) is 21.5 Å². The zero-order chi connectivity index (χ0) is 17.0. The van der Waals surface area contributed by atoms with Gasteiger partial charge in [-0.2, -0.15) is 0 Å². The predicted molar refractivity (Wildman–Crippen MR) is 98.7 cm³/mol. The average molecular weight is 336 g/mol. The van der Waals surface area contributed by atoms with Gasteiger partial charge in [-0.1, -0.05) is 29.8 Å². The van der Waals surface area contributed by atoms with Crippen LogP contribution in [0, 0.1) is 27.7 Å². The molecule has 1 aromatic carbocycles. The van der Waals surface area contributed by atoms with Gasteiger partial charge in [0.25, 0.3) is 0 Å². The lowest BCUT2D eigenvalue weighted by molar-refractivity contribution is 0.724. The minimum absolute atomic E-state index is 0.0261. The molecule has 0 unspecified atom stereocenters. The molecule has 0 aliphatic carbocycles. The number of hydrogen-bond donors (Lipinski definition) is 0. The molecule has 1 aliphatic rings. The van der Waals surface area contributed by atoms with E-state index in [9.17, 15) is 0 Å². The lowest BCUT2D eigenvalue weighted by atomic mass is 9.99. The Morgan fingerprint density at radius 2 is 1.71 bits per heavy atom. The van der Waals surface area contributed by atoms with Crippen molar-refractivity contribution >= 4 is 17.0 Å². The van der Waals surface area contributed by atoms with Crippen molar-refractivity contribution in [3.05, 3.63) is 63.0 Å². The summed E-state index contributed by atoms with van der Waals surface area (Å²) in [5.41, 5.74) is 5.99. The second-order valence-corrected chi connectivity index (χ2v) is 7.63. The Morgan fingerprint density at radius 3 is 2.42 bits per heavy atom. The van der Waals surface area contributed by atoms with Crippen LogP contribution in [-0.4, -0.2) is 20.5 Å². The Morgan fingerprint density at radius 1 is 1.00 bits per heavy atom. The van der Waals surface area contributed by atoms with Gasteiger partial charge in [-0.05, 0) is 40.2 Å². The predicted octanol–water partition coefficient (Wildman–Crippen LogP) is 4.47. The van der Waals surface area contributed by atoms with Crippen LogP contribution in [0.5, 0.6) is 0 Å². The second kappa shape index (κ2) is 5.38. The van der Waals surface area contributed by atoms with E-state index >= 15 is 0 Å². The minimum atomic E-state index is -0.0261. The van der Waals surface area contributed by atoms with E-state index in [2.05, 4.69) is 66.7 Å². The van der Waals surface area contributed by atoms with Crippen molar-refractivity contribution < 1.29 is 0 Å². The quantitative estimate of drug-likeness (QED) is 0.658. The Balaban J connectivity index is 2.04. The van der Waals surface area contributed by atoms with Gasteiger partial charge < -0.3 is 0 Å². The highest BCUT2D eigenvalue weighted by Crippen LogP contribution is 2.38. The number of aryl methyl sites for hydroxylation is 3. The maximum atomic E-state index is 5.05. The molecule has 0 radical (unpaired) electrons. The van der Waals surface area contributed by atoms with Crippen LogP contribution >= 0.6 is 11.3 Å². The van der Waals surface area contributed by atoms with Crippen LogP contribution in [0.25, 0.3) is 5.00 Å². The monoisotopic (exact) mass is 336 g/mol. The Labute approximate surface area is 145 Å². The Kier molecular flexibility index (Phi) is 3.42. The molecule has 122 valence electrons. The van der Waals surface area contributed by atoms with Crippen LogP contribution in [0.4, 0.5) is 0 Å². The lowest BCUT2D eigenvalue weighted by Gasteiger charge is -2.09. The molecule has 0 amide bonds. The minimum Gasteiger partial charge on any atom is -0.273 e. The van der Waals surface area contributed by atoms with Gasteiger partial charge in [0.1, 0.15) is 16.9 Å². The number of hydrogen-bond acceptors (Lipinski definition) is 4. The zero-order valence-corrected chi connectivity index (χ0v) is 15.4. The summed E-state index contributed by atoms with van der Waals surface area (Å²) in [5, 5.41) is 9.86. The molecule has 1 aliphatic heterocycles. The number of nitrogens with zero attached hydrogens (tertiary/aromatic N) is 4. The van der Waals surface area contributed by atoms with Crippen LogP contribution in [-0.2, 0) is 0 Å². The Bertz CT molecular complexity index is 960. The summed E-state index contributed by atoms with van der Waals surface area (Å²) in [6.45, 7) is 10.6. The molecule has 0 bridgehead atoms. The number of fused-ring (bicyclic) bond motifs is 3. The average Bonchev–Trinajstić information content (AvgIpc) is 3.03. The van der Waals surface area contributed by atoms with Crippen molar-refractivity contribution in [2.75, 3.05) is 0 Å². The number of rotatable bonds is 1. The molecular weight excluding hydrogens is 316 g/mol. The third-order valence-electron chi connectivity index (χ3n) is 4.68. The normalized spacial score (nSPS) is 16.4. The van der Waals surface area contributed by atoms with Crippen molar-refractivity contribution in [2.24, 2.45) is 4.99 Å². The van der Waals surface area contributed by atoms with Crippen molar-refractivity contribution in [3.8, 4) is 5.00 Å². The largest absolute Gasteiger partial charge is 0.273 e. The molecule has 5 heteroatoms. The van der Waals surface area contributed by atoms with E-state index in [0.717, 1.165) is 22.9 Å². The van der Waals surface area contributed by atoms with E-state index in [1.165, 1.54) is 26.6 Å². The maximum absolute atomic E-state index is 5.05. The van der Waals surface area contributed by atoms with E-state index in [0.29, 0.717) is 0 Å². The van der Waals surface area contributed by atoms with Crippen LogP contribution in [0.2, 0.25) is 0 Å². The van der Waals surface area contributed by atoms with Gasteiger partial charge in [0, 0.05) is 16.0 Å². The maximum Gasteiger partial charge on any atom is 0.162 e. The van der Waals surface area contributed by atoms with Crippen molar-refractivity contribution in [3.63, 3.8) is 0 Å². The van der Waals surface area contributed by atoms with E-state index in [1.54, 1.807) is 11.3 Å². The van der Waals surface area contributed by atoms with E-state index in [1.807, 2.05) is 6.92 Å². The fourth-order valence-electron chi connectivity index (χ4n) is 3.19. The van der Waals surface area contributed by atoms with Gasteiger partial charge in [-0.25, -0.2) is 0 Å². The summed E-state index contributed by atoms with van der Waals surface area (Å²) in [7, 11) is 0. The second-order valence-electron chi connectivity index (χ2n) is 6.42. The van der Waals surface area contributed by atoms with Crippen LogP contribution in [0.3, 0.4) is 0 Å². The van der Waals surface area contributed by atoms with Crippen molar-refractivity contribution in [2.45, 2.75) is 40.7 Å². The molecule has 3 aromatic rings. The van der Waals surface area contributed by atoms with E-state index in [-0.39, 0.29) is 6.04 Å². The number of aromatic nitrogens is 3. The highest BCUT2D eigenvalue weighted by atomic mass is 32.1. The van der Waals surface area contributed by atoms with E-state index in [4.69, 9.17) is 4.99 Å². The molecule has 0 fully saturated rings.